The summed E-state index contributed by atoms with van der Waals surface area (Å²) in [4.78, 5) is 13.0. The van der Waals surface area contributed by atoms with Gasteiger partial charge in [0.2, 0.25) is 0 Å². The Hall–Kier alpha value is -1.78. The van der Waals surface area contributed by atoms with Gasteiger partial charge in [-0.25, -0.2) is 4.68 Å². The van der Waals surface area contributed by atoms with Crippen molar-refractivity contribution in [3.63, 3.8) is 0 Å². The van der Waals surface area contributed by atoms with E-state index in [0.717, 1.165) is 10.6 Å². The van der Waals surface area contributed by atoms with Crippen LogP contribution < -0.4 is 5.56 Å². The summed E-state index contributed by atoms with van der Waals surface area (Å²) < 4.78 is 1.46. The minimum Gasteiger partial charge on any atom is -0.289 e. The molecule has 3 aromatic rings. The Labute approximate surface area is 112 Å². The van der Waals surface area contributed by atoms with Crippen LogP contribution in [0.25, 0.3) is 16.3 Å². The molecule has 0 aliphatic carbocycles. The average Bonchev–Trinajstić information content (AvgIpc) is 2.99. The first-order chi connectivity index (χ1) is 8.75. The molecular weight excluding hydrogens is 268 g/mol. The molecule has 90 valence electrons. The maximum atomic E-state index is 12.0. The molecule has 1 N–H and O–H groups in total. The highest BCUT2D eigenvalue weighted by Gasteiger charge is 2.09. The lowest BCUT2D eigenvalue weighted by atomic mass is 10.3. The van der Waals surface area contributed by atoms with Gasteiger partial charge in [0.25, 0.3) is 5.56 Å². The molecule has 0 aliphatic rings. The lowest BCUT2D eigenvalue weighted by molar-refractivity contribution is 0.853. The molecule has 1 aromatic carbocycles. The largest absolute Gasteiger partial charge is 0.289 e. The van der Waals surface area contributed by atoms with Crippen molar-refractivity contribution < 1.29 is 0 Å². The maximum Gasteiger partial charge on any atom is 0.271 e. The number of hydrogen-bond donors (Lipinski definition) is 1. The van der Waals surface area contributed by atoms with Crippen molar-refractivity contribution in [1.82, 2.24) is 9.78 Å². The Balaban J connectivity index is 2.15. The summed E-state index contributed by atoms with van der Waals surface area (Å²) in [6, 6.07) is 12.7. The second kappa shape index (κ2) is 4.48. The summed E-state index contributed by atoms with van der Waals surface area (Å²) in [7, 11) is 0. The Kier molecular flexibility index (Phi) is 2.81. The summed E-state index contributed by atoms with van der Waals surface area (Å²) in [5, 5.41) is 5.58. The van der Waals surface area contributed by atoms with E-state index in [2.05, 4.69) is 5.10 Å². The van der Waals surface area contributed by atoms with E-state index in [1.54, 1.807) is 29.5 Å². The van der Waals surface area contributed by atoms with Crippen LogP contribution in [-0.4, -0.2) is 9.78 Å². The summed E-state index contributed by atoms with van der Waals surface area (Å²) in [6.07, 6.45) is 0. The van der Waals surface area contributed by atoms with Gasteiger partial charge in [-0.15, -0.1) is 11.3 Å². The minimum absolute atomic E-state index is 0.119. The van der Waals surface area contributed by atoms with Gasteiger partial charge in [-0.3, -0.25) is 9.89 Å². The molecule has 2 heterocycles. The summed E-state index contributed by atoms with van der Waals surface area (Å²) in [5.41, 5.74) is 1.34. The molecule has 0 spiro atoms. The van der Waals surface area contributed by atoms with Gasteiger partial charge in [0, 0.05) is 6.07 Å². The van der Waals surface area contributed by atoms with Gasteiger partial charge >= 0.3 is 0 Å². The molecule has 0 bridgehead atoms. The summed E-state index contributed by atoms with van der Waals surface area (Å²) in [5.74, 6) is 0. The van der Waals surface area contributed by atoms with Crippen LogP contribution in [0.4, 0.5) is 0 Å². The van der Waals surface area contributed by atoms with Gasteiger partial charge in [-0.05, 0) is 23.6 Å². The zero-order valence-electron chi connectivity index (χ0n) is 9.26. The first-order valence-corrected chi connectivity index (χ1v) is 6.62. The molecule has 3 nitrogen and oxygen atoms in total. The van der Waals surface area contributed by atoms with Crippen LogP contribution in [0.2, 0.25) is 5.02 Å². The van der Waals surface area contributed by atoms with Crippen molar-refractivity contribution in [3.8, 4) is 16.3 Å². The monoisotopic (exact) mass is 276 g/mol. The molecular formula is C13H9ClN2OS. The van der Waals surface area contributed by atoms with Crippen molar-refractivity contribution in [3.05, 3.63) is 63.2 Å². The minimum atomic E-state index is -0.119. The average molecular weight is 277 g/mol. The number of nitrogens with one attached hydrogen (secondary N) is 1. The number of halogens is 1. The third kappa shape index (κ3) is 1.89. The van der Waals surface area contributed by atoms with Crippen molar-refractivity contribution in [2.24, 2.45) is 0 Å². The number of nitrogens with zero attached hydrogens (tertiary/aromatic N) is 1. The number of thiophene rings is 1. The number of rotatable bonds is 2. The molecule has 0 saturated carbocycles. The fourth-order valence-electron chi connectivity index (χ4n) is 1.77. The van der Waals surface area contributed by atoms with E-state index in [1.165, 1.54) is 4.68 Å². The van der Waals surface area contributed by atoms with E-state index >= 15 is 0 Å². The van der Waals surface area contributed by atoms with Gasteiger partial charge in [0.1, 0.15) is 0 Å². The van der Waals surface area contributed by atoms with Crippen LogP contribution in [0.3, 0.4) is 0 Å². The molecule has 0 unspecified atom stereocenters. The van der Waals surface area contributed by atoms with Crippen LogP contribution in [0.1, 0.15) is 0 Å². The fraction of sp³-hybridized carbons (Fsp3) is 0. The lowest BCUT2D eigenvalue weighted by Crippen LogP contribution is -2.13. The zero-order chi connectivity index (χ0) is 12.5. The first-order valence-electron chi connectivity index (χ1n) is 5.36. The standard InChI is InChI=1S/C13H9ClN2OS/c14-9-4-1-2-5-11(9)16-13(17)8-10(15-16)12-6-3-7-18-12/h1-8,15H. The molecule has 0 atom stereocenters. The third-order valence-corrected chi connectivity index (χ3v) is 3.82. The van der Waals surface area contributed by atoms with Gasteiger partial charge in [0.15, 0.2) is 0 Å². The SMILES string of the molecule is O=c1cc(-c2cccs2)[nH]n1-c1ccccc1Cl. The number of hydrogen-bond acceptors (Lipinski definition) is 2. The molecule has 3 rings (SSSR count). The number of para-hydroxylation sites is 1. The van der Waals surface area contributed by atoms with Gasteiger partial charge < -0.3 is 0 Å². The van der Waals surface area contributed by atoms with Gasteiger partial charge in [-0.2, -0.15) is 0 Å². The van der Waals surface area contributed by atoms with Gasteiger partial charge in [0.05, 0.1) is 21.3 Å². The highest BCUT2D eigenvalue weighted by molar-refractivity contribution is 7.13. The Morgan fingerprint density at radius 1 is 1.17 bits per heavy atom. The predicted molar refractivity (Wildman–Crippen MR) is 74.7 cm³/mol. The highest BCUT2D eigenvalue weighted by Crippen LogP contribution is 2.23. The molecule has 0 fully saturated rings. The van der Waals surface area contributed by atoms with E-state index in [4.69, 9.17) is 11.6 Å². The molecule has 0 aliphatic heterocycles. The summed E-state index contributed by atoms with van der Waals surface area (Å²) >= 11 is 7.67. The van der Waals surface area contributed by atoms with Crippen LogP contribution in [0.5, 0.6) is 0 Å². The highest BCUT2D eigenvalue weighted by atomic mass is 35.5. The summed E-state index contributed by atoms with van der Waals surface area (Å²) in [6.45, 7) is 0. The van der Waals surface area contributed by atoms with Gasteiger partial charge in [-0.1, -0.05) is 29.8 Å². The van der Waals surface area contributed by atoms with E-state index in [1.807, 2.05) is 29.6 Å². The quantitative estimate of drug-likeness (QED) is 0.764. The smallest absolute Gasteiger partial charge is 0.271 e. The van der Waals surface area contributed by atoms with Crippen molar-refractivity contribution >= 4 is 22.9 Å². The lowest BCUT2D eigenvalue weighted by Gasteiger charge is -2.03. The molecule has 5 heteroatoms. The number of aromatic amines is 1. The fourth-order valence-corrected chi connectivity index (χ4v) is 2.68. The van der Waals surface area contributed by atoms with Crippen molar-refractivity contribution in [2.45, 2.75) is 0 Å². The van der Waals surface area contributed by atoms with Crippen LogP contribution in [0, 0.1) is 0 Å². The van der Waals surface area contributed by atoms with E-state index in [9.17, 15) is 4.79 Å². The first kappa shape index (κ1) is 11.3. The van der Waals surface area contributed by atoms with Crippen molar-refractivity contribution in [1.29, 1.82) is 0 Å². The molecule has 0 amide bonds. The Bertz CT molecular complexity index is 728. The topological polar surface area (TPSA) is 37.8 Å². The van der Waals surface area contributed by atoms with Crippen LogP contribution >= 0.6 is 22.9 Å². The van der Waals surface area contributed by atoms with Crippen molar-refractivity contribution in [2.75, 3.05) is 0 Å². The third-order valence-electron chi connectivity index (χ3n) is 2.60. The number of H-pyrrole nitrogens is 1. The molecule has 0 saturated heterocycles. The predicted octanol–water partition coefficient (Wildman–Crippen LogP) is 3.55. The van der Waals surface area contributed by atoms with Crippen LogP contribution in [0.15, 0.2) is 52.6 Å². The zero-order valence-corrected chi connectivity index (χ0v) is 10.8. The Morgan fingerprint density at radius 3 is 2.72 bits per heavy atom. The number of aromatic nitrogens is 2. The second-order valence-corrected chi connectivity index (χ2v) is 5.13. The van der Waals surface area contributed by atoms with E-state index in [-0.39, 0.29) is 5.56 Å². The number of benzene rings is 1. The molecule has 2 aromatic heterocycles. The van der Waals surface area contributed by atoms with E-state index in [0.29, 0.717) is 10.7 Å². The molecule has 0 radical (unpaired) electrons. The van der Waals surface area contributed by atoms with E-state index < -0.39 is 0 Å². The molecule has 18 heavy (non-hydrogen) atoms. The van der Waals surface area contributed by atoms with Crippen LogP contribution in [-0.2, 0) is 0 Å². The normalized spacial score (nSPS) is 10.7. The second-order valence-electron chi connectivity index (χ2n) is 3.77. The Morgan fingerprint density at radius 2 is 2.00 bits per heavy atom. The maximum absolute atomic E-state index is 12.0.